The van der Waals surface area contributed by atoms with Crippen LogP contribution in [0.4, 0.5) is 0 Å². The van der Waals surface area contributed by atoms with Crippen molar-refractivity contribution in [3.05, 3.63) is 36.6 Å². The molecule has 0 N–H and O–H groups in total. The Balaban J connectivity index is 1.83. The van der Waals surface area contributed by atoms with E-state index in [-0.39, 0.29) is 18.3 Å². The van der Waals surface area contributed by atoms with Gasteiger partial charge in [-0.1, -0.05) is 29.4 Å². The zero-order chi connectivity index (χ0) is 14.4. The van der Waals surface area contributed by atoms with Gasteiger partial charge in [0.2, 0.25) is 0 Å². The Morgan fingerprint density at radius 3 is 2.00 bits per heavy atom. The van der Waals surface area contributed by atoms with Crippen LogP contribution in [0.5, 0.6) is 0 Å². The fraction of sp³-hybridized carbons (Fsp3) is 0.400. The van der Waals surface area contributed by atoms with Crippen LogP contribution in [0.25, 0.3) is 11.3 Å². The van der Waals surface area contributed by atoms with Crippen LogP contribution in [0.2, 0.25) is 0 Å². The third kappa shape index (κ3) is 2.17. The summed E-state index contributed by atoms with van der Waals surface area (Å²) in [5.41, 5.74) is 2.21. The van der Waals surface area contributed by atoms with E-state index in [1.165, 1.54) is 0 Å². The molecule has 1 fully saturated rings. The van der Waals surface area contributed by atoms with E-state index in [0.29, 0.717) is 0 Å². The van der Waals surface area contributed by atoms with E-state index in [1.54, 1.807) is 6.26 Å². The Labute approximate surface area is 119 Å². The summed E-state index contributed by atoms with van der Waals surface area (Å²) in [7, 11) is -0.327. The summed E-state index contributed by atoms with van der Waals surface area (Å²) in [6.45, 7) is 8.21. The molecular weight excluding hydrogens is 253 g/mol. The first kappa shape index (κ1) is 13.4. The maximum Gasteiger partial charge on any atom is 0.494 e. The van der Waals surface area contributed by atoms with Crippen LogP contribution in [-0.4, -0.2) is 23.5 Å². The van der Waals surface area contributed by atoms with E-state index in [1.807, 2.05) is 30.3 Å². The van der Waals surface area contributed by atoms with Crippen LogP contribution in [0.1, 0.15) is 27.7 Å². The number of aromatic nitrogens is 1. The molecule has 2 aromatic rings. The Hall–Kier alpha value is -1.59. The van der Waals surface area contributed by atoms with Gasteiger partial charge in [0.15, 0.2) is 0 Å². The second-order valence-corrected chi connectivity index (χ2v) is 6.09. The van der Waals surface area contributed by atoms with Crippen molar-refractivity contribution in [3.63, 3.8) is 0 Å². The quantitative estimate of drug-likeness (QED) is 0.787. The molecule has 3 rings (SSSR count). The molecule has 4 nitrogen and oxygen atoms in total. The maximum atomic E-state index is 6.02. The summed E-state index contributed by atoms with van der Waals surface area (Å²) in [6.07, 6.45) is 1.57. The summed E-state index contributed by atoms with van der Waals surface area (Å²) < 4.78 is 16.9. The fourth-order valence-corrected chi connectivity index (χ4v) is 2.15. The normalized spacial score (nSPS) is 20.3. The smallest absolute Gasteiger partial charge is 0.399 e. The van der Waals surface area contributed by atoms with Crippen molar-refractivity contribution in [3.8, 4) is 11.3 Å². The van der Waals surface area contributed by atoms with Gasteiger partial charge in [0.05, 0.1) is 11.2 Å². The number of hydrogen-bond acceptors (Lipinski definition) is 4. The second kappa shape index (κ2) is 4.47. The van der Waals surface area contributed by atoms with Crippen molar-refractivity contribution in [1.29, 1.82) is 0 Å². The molecule has 0 saturated carbocycles. The van der Waals surface area contributed by atoms with Crippen molar-refractivity contribution in [2.24, 2.45) is 0 Å². The molecule has 0 aliphatic carbocycles. The van der Waals surface area contributed by atoms with Crippen LogP contribution in [0.15, 0.2) is 41.1 Å². The number of benzene rings is 1. The molecule has 0 unspecified atom stereocenters. The molecule has 2 heterocycles. The average Bonchev–Trinajstić information content (AvgIpc) is 2.97. The molecule has 1 aromatic heterocycles. The van der Waals surface area contributed by atoms with Crippen LogP contribution in [0, 0.1) is 0 Å². The topological polar surface area (TPSA) is 44.5 Å². The van der Waals surface area contributed by atoms with Gasteiger partial charge in [-0.25, -0.2) is 0 Å². The highest BCUT2D eigenvalue weighted by Crippen LogP contribution is 2.36. The Morgan fingerprint density at radius 1 is 0.900 bits per heavy atom. The Morgan fingerprint density at radius 2 is 1.50 bits per heavy atom. The lowest BCUT2D eigenvalue weighted by Crippen LogP contribution is -2.41. The summed E-state index contributed by atoms with van der Waals surface area (Å²) in [4.78, 5) is 0. The van der Waals surface area contributed by atoms with Crippen molar-refractivity contribution < 1.29 is 13.8 Å². The molecular formula is C15H18BNO3. The van der Waals surface area contributed by atoms with Crippen molar-refractivity contribution in [1.82, 2.24) is 5.16 Å². The largest absolute Gasteiger partial charge is 0.494 e. The van der Waals surface area contributed by atoms with Gasteiger partial charge in [-0.05, 0) is 33.2 Å². The SMILES string of the molecule is CC1(C)OB(c2ccc(-c3ccon3)cc2)OC1(C)C. The molecule has 0 spiro atoms. The monoisotopic (exact) mass is 271 g/mol. The van der Waals surface area contributed by atoms with Crippen molar-refractivity contribution in [2.45, 2.75) is 38.9 Å². The van der Waals surface area contributed by atoms with Crippen LogP contribution < -0.4 is 5.46 Å². The maximum absolute atomic E-state index is 6.02. The van der Waals surface area contributed by atoms with Gasteiger partial charge in [-0.3, -0.25) is 0 Å². The van der Waals surface area contributed by atoms with E-state index >= 15 is 0 Å². The Kier molecular flexibility index (Phi) is 2.99. The van der Waals surface area contributed by atoms with Gasteiger partial charge >= 0.3 is 7.12 Å². The lowest BCUT2D eigenvalue weighted by Gasteiger charge is -2.32. The third-order valence-corrected chi connectivity index (χ3v) is 4.17. The van der Waals surface area contributed by atoms with Gasteiger partial charge < -0.3 is 13.8 Å². The minimum atomic E-state index is -0.327. The fourth-order valence-electron chi connectivity index (χ4n) is 2.15. The first-order valence-electron chi connectivity index (χ1n) is 6.75. The molecule has 0 atom stereocenters. The highest BCUT2D eigenvalue weighted by molar-refractivity contribution is 6.62. The summed E-state index contributed by atoms with van der Waals surface area (Å²) in [5.74, 6) is 0. The standard InChI is InChI=1S/C15H18BNO3/c1-14(2)15(3,4)20-16(19-14)12-7-5-11(6-8-12)13-9-10-18-17-13/h5-10H,1-4H3. The van der Waals surface area contributed by atoms with E-state index in [4.69, 9.17) is 13.8 Å². The van der Waals surface area contributed by atoms with Gasteiger partial charge in [0, 0.05) is 11.6 Å². The Bertz CT molecular complexity index is 574. The average molecular weight is 271 g/mol. The first-order chi connectivity index (χ1) is 9.39. The second-order valence-electron chi connectivity index (χ2n) is 6.09. The lowest BCUT2D eigenvalue weighted by molar-refractivity contribution is 0.00578. The molecule has 1 aliphatic heterocycles. The summed E-state index contributed by atoms with van der Waals surface area (Å²) in [5, 5.41) is 3.92. The minimum Gasteiger partial charge on any atom is -0.399 e. The van der Waals surface area contributed by atoms with Crippen LogP contribution >= 0.6 is 0 Å². The predicted molar refractivity (Wildman–Crippen MR) is 77.7 cm³/mol. The third-order valence-electron chi connectivity index (χ3n) is 4.17. The zero-order valence-electron chi connectivity index (χ0n) is 12.2. The van der Waals surface area contributed by atoms with E-state index in [0.717, 1.165) is 16.7 Å². The van der Waals surface area contributed by atoms with Gasteiger partial charge in [-0.15, -0.1) is 0 Å². The van der Waals surface area contributed by atoms with Gasteiger partial charge in [0.1, 0.15) is 12.0 Å². The number of nitrogens with zero attached hydrogens (tertiary/aromatic N) is 1. The molecule has 1 aromatic carbocycles. The molecule has 5 heteroatoms. The van der Waals surface area contributed by atoms with Gasteiger partial charge in [0.25, 0.3) is 0 Å². The predicted octanol–water partition coefficient (Wildman–Crippen LogP) is 2.64. The number of rotatable bonds is 2. The molecule has 1 aliphatic rings. The molecule has 104 valence electrons. The minimum absolute atomic E-state index is 0.317. The lowest BCUT2D eigenvalue weighted by atomic mass is 9.79. The molecule has 0 amide bonds. The summed E-state index contributed by atoms with van der Waals surface area (Å²) in [6, 6.07) is 9.85. The summed E-state index contributed by atoms with van der Waals surface area (Å²) >= 11 is 0. The van der Waals surface area contributed by atoms with Crippen LogP contribution in [-0.2, 0) is 9.31 Å². The van der Waals surface area contributed by atoms with Crippen molar-refractivity contribution >= 4 is 12.6 Å². The molecule has 0 radical (unpaired) electrons. The van der Waals surface area contributed by atoms with E-state index in [9.17, 15) is 0 Å². The molecule has 1 saturated heterocycles. The zero-order valence-corrected chi connectivity index (χ0v) is 12.2. The highest BCUT2D eigenvalue weighted by Gasteiger charge is 2.51. The molecule has 20 heavy (non-hydrogen) atoms. The van der Waals surface area contributed by atoms with Gasteiger partial charge in [-0.2, -0.15) is 0 Å². The number of hydrogen-bond donors (Lipinski definition) is 0. The van der Waals surface area contributed by atoms with Crippen LogP contribution in [0.3, 0.4) is 0 Å². The highest BCUT2D eigenvalue weighted by atomic mass is 16.7. The van der Waals surface area contributed by atoms with Crippen molar-refractivity contribution in [2.75, 3.05) is 0 Å². The van der Waals surface area contributed by atoms with E-state index < -0.39 is 0 Å². The van der Waals surface area contributed by atoms with E-state index in [2.05, 4.69) is 32.9 Å². The first-order valence-corrected chi connectivity index (χ1v) is 6.75. The molecule has 0 bridgehead atoms.